The summed E-state index contributed by atoms with van der Waals surface area (Å²) >= 11 is 0. The lowest BCUT2D eigenvalue weighted by atomic mass is 10.1. The van der Waals surface area contributed by atoms with Crippen molar-refractivity contribution in [3.63, 3.8) is 0 Å². The summed E-state index contributed by atoms with van der Waals surface area (Å²) in [7, 11) is 1.37. The minimum absolute atomic E-state index is 0.341. The molecule has 2 aromatic heterocycles. The number of oxazole rings is 1. The van der Waals surface area contributed by atoms with Crippen LogP contribution >= 0.6 is 0 Å². The lowest BCUT2D eigenvalue weighted by molar-refractivity contribution is 0.0600. The maximum atomic E-state index is 11.5. The van der Waals surface area contributed by atoms with Gasteiger partial charge in [-0.2, -0.15) is 4.98 Å². The smallest absolute Gasteiger partial charge is 0.337 e. The molecule has 0 amide bonds. The molecule has 4 rings (SSSR count). The Morgan fingerprint density at radius 2 is 1.97 bits per heavy atom. The summed E-state index contributed by atoms with van der Waals surface area (Å²) in [6.45, 7) is 2.64. The van der Waals surface area contributed by atoms with Crippen LogP contribution in [0.25, 0.3) is 11.3 Å². The second-order valence-electron chi connectivity index (χ2n) is 6.98. The maximum Gasteiger partial charge on any atom is 0.337 e. The summed E-state index contributed by atoms with van der Waals surface area (Å²) in [5, 5.41) is 6.63. The van der Waals surface area contributed by atoms with Crippen LogP contribution in [0.3, 0.4) is 0 Å². The molecule has 0 saturated heterocycles. The van der Waals surface area contributed by atoms with E-state index in [4.69, 9.17) is 9.15 Å². The molecule has 7 heteroatoms. The lowest BCUT2D eigenvalue weighted by Crippen LogP contribution is -2.03. The first-order valence-corrected chi connectivity index (χ1v) is 9.77. The van der Waals surface area contributed by atoms with E-state index < -0.39 is 0 Å². The zero-order valence-corrected chi connectivity index (χ0v) is 17.3. The number of hydrogen-bond acceptors (Lipinski definition) is 7. The summed E-state index contributed by atoms with van der Waals surface area (Å²) < 4.78 is 10.3. The number of aryl methyl sites for hydroxylation is 1. The summed E-state index contributed by atoms with van der Waals surface area (Å²) in [6.07, 6.45) is 5.07. The van der Waals surface area contributed by atoms with E-state index in [1.165, 1.54) is 7.11 Å². The maximum absolute atomic E-state index is 11.5. The van der Waals surface area contributed by atoms with Gasteiger partial charge in [0.05, 0.1) is 12.7 Å². The van der Waals surface area contributed by atoms with Gasteiger partial charge in [0.2, 0.25) is 0 Å². The molecule has 2 heterocycles. The van der Waals surface area contributed by atoms with E-state index >= 15 is 0 Å². The Kier molecular flexibility index (Phi) is 5.93. The fraction of sp³-hybridized carbons (Fsp3) is 0.125. The van der Waals surface area contributed by atoms with Crippen LogP contribution in [-0.2, 0) is 11.3 Å². The largest absolute Gasteiger partial charge is 0.465 e. The van der Waals surface area contributed by atoms with Gasteiger partial charge in [0.15, 0.2) is 0 Å². The van der Waals surface area contributed by atoms with E-state index in [0.717, 1.165) is 33.8 Å². The number of benzene rings is 2. The molecule has 0 unspecified atom stereocenters. The number of anilines is 3. The Hall–Kier alpha value is -4.13. The summed E-state index contributed by atoms with van der Waals surface area (Å²) in [6, 6.07) is 17.6. The monoisotopic (exact) mass is 414 g/mol. The van der Waals surface area contributed by atoms with Crippen molar-refractivity contribution in [1.82, 2.24) is 9.97 Å². The first-order valence-electron chi connectivity index (χ1n) is 9.77. The minimum Gasteiger partial charge on any atom is -0.465 e. The molecule has 0 spiro atoms. The number of methoxy groups -OCH3 is 1. The second-order valence-corrected chi connectivity index (χ2v) is 6.98. The zero-order chi connectivity index (χ0) is 21.6. The molecule has 2 N–H and O–H groups in total. The molecule has 2 aromatic carbocycles. The third-order valence-corrected chi connectivity index (χ3v) is 4.81. The molecule has 0 radical (unpaired) electrons. The molecule has 156 valence electrons. The number of carbonyl (C=O) groups excluding carboxylic acids is 1. The fourth-order valence-corrected chi connectivity index (χ4v) is 3.04. The van der Waals surface area contributed by atoms with Gasteiger partial charge in [-0.15, -0.1) is 0 Å². The van der Waals surface area contributed by atoms with Gasteiger partial charge in [-0.25, -0.2) is 4.79 Å². The van der Waals surface area contributed by atoms with Crippen LogP contribution in [0, 0.1) is 6.92 Å². The first kappa shape index (κ1) is 20.2. The highest BCUT2D eigenvalue weighted by Gasteiger charge is 2.09. The van der Waals surface area contributed by atoms with Gasteiger partial charge < -0.3 is 19.8 Å². The van der Waals surface area contributed by atoms with Crippen LogP contribution in [0.1, 0.15) is 21.5 Å². The highest BCUT2D eigenvalue weighted by atomic mass is 16.5. The molecule has 0 aliphatic heterocycles. The Bertz CT molecular complexity index is 1170. The number of aromatic nitrogens is 2. The summed E-state index contributed by atoms with van der Waals surface area (Å²) in [5.41, 5.74) is 6.10. The number of hydrogen-bond donors (Lipinski definition) is 2. The molecule has 0 atom stereocenters. The van der Waals surface area contributed by atoms with E-state index in [1.807, 2.05) is 49.4 Å². The highest BCUT2D eigenvalue weighted by molar-refractivity contribution is 5.89. The van der Waals surface area contributed by atoms with Gasteiger partial charge in [-0.1, -0.05) is 18.2 Å². The minimum atomic E-state index is -0.341. The molecule has 0 aliphatic rings. The van der Waals surface area contributed by atoms with Crippen molar-refractivity contribution in [1.29, 1.82) is 0 Å². The van der Waals surface area contributed by atoms with Crippen molar-refractivity contribution >= 4 is 23.4 Å². The lowest BCUT2D eigenvalue weighted by Gasteiger charge is -2.11. The van der Waals surface area contributed by atoms with Gasteiger partial charge in [0.1, 0.15) is 12.0 Å². The third kappa shape index (κ3) is 4.90. The predicted molar refractivity (Wildman–Crippen MR) is 119 cm³/mol. The average molecular weight is 414 g/mol. The average Bonchev–Trinajstić information content (AvgIpc) is 3.28. The SMILES string of the molecule is COC(=O)c1ccc(CNc2ccc(C)c(Nc3nc(-c4cccnc4)co3)c2)cc1. The van der Waals surface area contributed by atoms with Gasteiger partial charge in [0.25, 0.3) is 6.01 Å². The normalized spacial score (nSPS) is 10.5. The number of nitrogens with zero attached hydrogens (tertiary/aromatic N) is 2. The van der Waals surface area contributed by atoms with E-state index in [1.54, 1.807) is 30.8 Å². The Balaban J connectivity index is 1.43. The molecule has 31 heavy (non-hydrogen) atoms. The number of rotatable bonds is 7. The highest BCUT2D eigenvalue weighted by Crippen LogP contribution is 2.26. The van der Waals surface area contributed by atoms with Gasteiger partial charge in [-0.05, 0) is 54.4 Å². The van der Waals surface area contributed by atoms with Crippen molar-refractivity contribution in [2.45, 2.75) is 13.5 Å². The van der Waals surface area contributed by atoms with Crippen LogP contribution in [0.4, 0.5) is 17.4 Å². The van der Waals surface area contributed by atoms with Crippen molar-refractivity contribution in [2.75, 3.05) is 17.7 Å². The first-order chi connectivity index (χ1) is 15.1. The molecule has 0 fully saturated rings. The van der Waals surface area contributed by atoms with E-state index in [2.05, 4.69) is 20.6 Å². The summed E-state index contributed by atoms with van der Waals surface area (Å²) in [4.78, 5) is 20.1. The van der Waals surface area contributed by atoms with Crippen molar-refractivity contribution in [3.8, 4) is 11.3 Å². The van der Waals surface area contributed by atoms with Crippen LogP contribution in [0.5, 0.6) is 0 Å². The second kappa shape index (κ2) is 9.13. The fourth-order valence-electron chi connectivity index (χ4n) is 3.04. The van der Waals surface area contributed by atoms with Crippen molar-refractivity contribution < 1.29 is 13.9 Å². The van der Waals surface area contributed by atoms with Crippen LogP contribution in [0.2, 0.25) is 0 Å². The van der Waals surface area contributed by atoms with E-state index in [0.29, 0.717) is 18.1 Å². The zero-order valence-electron chi connectivity index (χ0n) is 17.3. The van der Waals surface area contributed by atoms with Crippen molar-refractivity contribution in [3.05, 3.63) is 89.9 Å². The predicted octanol–water partition coefficient (Wildman–Crippen LogP) is 5.19. The number of nitrogens with one attached hydrogen (secondary N) is 2. The quantitative estimate of drug-likeness (QED) is 0.402. The van der Waals surface area contributed by atoms with E-state index in [9.17, 15) is 4.79 Å². The molecule has 0 bridgehead atoms. The number of pyridine rings is 1. The molecule has 0 aliphatic carbocycles. The van der Waals surface area contributed by atoms with Gasteiger partial charge >= 0.3 is 5.97 Å². The van der Waals surface area contributed by atoms with E-state index in [-0.39, 0.29) is 5.97 Å². The van der Waals surface area contributed by atoms with Crippen molar-refractivity contribution in [2.24, 2.45) is 0 Å². The van der Waals surface area contributed by atoms with Crippen LogP contribution in [-0.4, -0.2) is 23.0 Å². The molecule has 4 aromatic rings. The molecule has 0 saturated carbocycles. The number of esters is 1. The van der Waals surface area contributed by atoms with Crippen LogP contribution < -0.4 is 10.6 Å². The van der Waals surface area contributed by atoms with Gasteiger partial charge in [-0.3, -0.25) is 4.98 Å². The standard InChI is InChI=1S/C24H22N4O3/c1-16-5-10-20(26-13-17-6-8-18(9-7-17)23(29)30-2)12-21(16)27-24-28-22(15-31-24)19-4-3-11-25-14-19/h3-12,14-15,26H,13H2,1-2H3,(H,27,28). The number of ether oxygens (including phenoxy) is 1. The Morgan fingerprint density at radius 1 is 1.13 bits per heavy atom. The topological polar surface area (TPSA) is 89.3 Å². The molecular formula is C24H22N4O3. The van der Waals surface area contributed by atoms with Crippen LogP contribution in [0.15, 0.2) is 77.7 Å². The Morgan fingerprint density at radius 3 is 2.71 bits per heavy atom. The third-order valence-electron chi connectivity index (χ3n) is 4.81. The Labute approximate surface area is 180 Å². The molecule has 7 nitrogen and oxygen atoms in total. The number of carbonyl (C=O) groups is 1. The van der Waals surface area contributed by atoms with Gasteiger partial charge in [0, 0.05) is 35.9 Å². The summed E-state index contributed by atoms with van der Waals surface area (Å²) in [5.74, 6) is -0.341. The molecular weight excluding hydrogens is 392 g/mol.